The minimum absolute atomic E-state index is 0.102. The summed E-state index contributed by atoms with van der Waals surface area (Å²) in [6.45, 7) is 4.60. The van der Waals surface area contributed by atoms with Crippen molar-refractivity contribution in [3.8, 4) is 11.4 Å². The summed E-state index contributed by atoms with van der Waals surface area (Å²) in [6.07, 6.45) is 5.78. The number of nitrogens with zero attached hydrogens (tertiary/aromatic N) is 4. The van der Waals surface area contributed by atoms with Gasteiger partial charge in [-0.25, -0.2) is 9.07 Å². The molecule has 2 aromatic rings. The van der Waals surface area contributed by atoms with Gasteiger partial charge in [0.15, 0.2) is 5.82 Å². The number of rotatable bonds is 6. The molecule has 2 N–H and O–H groups in total. The van der Waals surface area contributed by atoms with Gasteiger partial charge in [0.1, 0.15) is 5.82 Å². The van der Waals surface area contributed by atoms with Crippen LogP contribution in [0.3, 0.4) is 0 Å². The first kappa shape index (κ1) is 19.7. The Labute approximate surface area is 163 Å². The van der Waals surface area contributed by atoms with Crippen LogP contribution in [-0.2, 0) is 4.79 Å². The van der Waals surface area contributed by atoms with Gasteiger partial charge in [-0.3, -0.25) is 4.79 Å². The molecule has 1 aromatic heterocycles. The van der Waals surface area contributed by atoms with Crippen LogP contribution in [0.25, 0.3) is 11.4 Å². The van der Waals surface area contributed by atoms with Gasteiger partial charge in [-0.15, -0.1) is 10.2 Å². The van der Waals surface area contributed by atoms with Crippen molar-refractivity contribution >= 4 is 17.7 Å². The Balaban J connectivity index is 1.72. The van der Waals surface area contributed by atoms with Crippen molar-refractivity contribution in [2.24, 2.45) is 0 Å². The highest BCUT2D eigenvalue weighted by Gasteiger charge is 2.29. The Morgan fingerprint density at radius 3 is 2.78 bits per heavy atom. The van der Waals surface area contributed by atoms with Crippen molar-refractivity contribution in [3.63, 3.8) is 0 Å². The molecule has 0 saturated heterocycles. The molecule has 0 radical (unpaired) electrons. The smallest absolute Gasteiger partial charge is 0.236 e. The highest BCUT2D eigenvalue weighted by Crippen LogP contribution is 2.28. The summed E-state index contributed by atoms with van der Waals surface area (Å²) in [5.41, 5.74) is 0.549. The number of carbonyl (C=O) groups excluding carboxylic acids is 1. The van der Waals surface area contributed by atoms with E-state index >= 15 is 0 Å². The zero-order valence-corrected chi connectivity index (χ0v) is 16.6. The van der Waals surface area contributed by atoms with Gasteiger partial charge in [-0.1, -0.05) is 43.2 Å². The predicted octanol–water partition coefficient (Wildman–Crippen LogP) is 3.46. The third-order valence-corrected chi connectivity index (χ3v) is 6.06. The molecule has 146 valence electrons. The molecule has 1 amide bonds. The zero-order chi connectivity index (χ0) is 19.4. The summed E-state index contributed by atoms with van der Waals surface area (Å²) >= 11 is 1.29. The van der Waals surface area contributed by atoms with E-state index < -0.39 is 0 Å². The highest BCUT2D eigenvalue weighted by molar-refractivity contribution is 8.00. The highest BCUT2D eigenvalue weighted by atomic mass is 32.2. The molecule has 6 nitrogen and oxygen atoms in total. The molecule has 8 heteroatoms. The van der Waals surface area contributed by atoms with E-state index in [-0.39, 0.29) is 17.0 Å². The van der Waals surface area contributed by atoms with E-state index in [0.29, 0.717) is 29.1 Å². The monoisotopic (exact) mass is 391 g/mol. The molecular formula is C19H26FN5OS. The fraction of sp³-hybridized carbons (Fsp3) is 0.526. The van der Waals surface area contributed by atoms with Gasteiger partial charge >= 0.3 is 0 Å². The third-order valence-electron chi connectivity index (χ3n) is 5.02. The largest absolute Gasteiger partial charge is 0.339 e. The zero-order valence-electron chi connectivity index (χ0n) is 15.8. The van der Waals surface area contributed by atoms with Crippen molar-refractivity contribution in [1.82, 2.24) is 19.8 Å². The normalized spacial score (nSPS) is 16.3. The summed E-state index contributed by atoms with van der Waals surface area (Å²) in [5.74, 6) is 6.22. The SMILES string of the molecule is CCN(C(=O)[C@H](C)Sc1nnc(-c2cccc(F)c2)n1N)C1CCCCC1. The molecule has 0 bridgehead atoms. The lowest BCUT2D eigenvalue weighted by molar-refractivity contribution is -0.133. The van der Waals surface area contributed by atoms with Crippen LogP contribution in [0.2, 0.25) is 0 Å². The van der Waals surface area contributed by atoms with Crippen LogP contribution in [0.15, 0.2) is 29.4 Å². The number of nitrogen functional groups attached to an aromatic ring is 1. The first-order valence-corrected chi connectivity index (χ1v) is 10.3. The van der Waals surface area contributed by atoms with Gasteiger partial charge in [-0.05, 0) is 38.8 Å². The van der Waals surface area contributed by atoms with Gasteiger partial charge in [-0.2, -0.15) is 0 Å². The molecule has 0 aliphatic heterocycles. The first-order chi connectivity index (χ1) is 13.0. The average Bonchev–Trinajstić information content (AvgIpc) is 3.03. The lowest BCUT2D eigenvalue weighted by Gasteiger charge is -2.35. The summed E-state index contributed by atoms with van der Waals surface area (Å²) in [7, 11) is 0. The van der Waals surface area contributed by atoms with Crippen LogP contribution in [0, 0.1) is 5.82 Å². The molecule has 1 atom stereocenters. The van der Waals surface area contributed by atoms with Gasteiger partial charge < -0.3 is 10.7 Å². The Hall–Kier alpha value is -2.09. The molecule has 1 aliphatic carbocycles. The maximum absolute atomic E-state index is 13.5. The van der Waals surface area contributed by atoms with E-state index in [9.17, 15) is 9.18 Å². The van der Waals surface area contributed by atoms with Crippen molar-refractivity contribution in [1.29, 1.82) is 0 Å². The van der Waals surface area contributed by atoms with Crippen molar-refractivity contribution < 1.29 is 9.18 Å². The molecule has 1 fully saturated rings. The number of benzene rings is 1. The lowest BCUT2D eigenvalue weighted by Crippen LogP contribution is -2.44. The fourth-order valence-electron chi connectivity index (χ4n) is 3.61. The lowest BCUT2D eigenvalue weighted by atomic mass is 9.94. The van der Waals surface area contributed by atoms with E-state index in [4.69, 9.17) is 5.84 Å². The maximum Gasteiger partial charge on any atom is 0.236 e. The Bertz CT molecular complexity index is 790. The molecule has 0 unspecified atom stereocenters. The molecule has 1 heterocycles. The van der Waals surface area contributed by atoms with E-state index in [1.165, 1.54) is 47.8 Å². The second-order valence-electron chi connectivity index (χ2n) is 6.86. The second-order valence-corrected chi connectivity index (χ2v) is 8.17. The number of hydrogen-bond donors (Lipinski definition) is 1. The second kappa shape index (κ2) is 8.73. The Kier molecular flexibility index (Phi) is 6.36. The summed E-state index contributed by atoms with van der Waals surface area (Å²) in [6, 6.07) is 6.38. The van der Waals surface area contributed by atoms with Crippen LogP contribution in [0.4, 0.5) is 4.39 Å². The van der Waals surface area contributed by atoms with Crippen LogP contribution < -0.4 is 5.84 Å². The molecule has 0 spiro atoms. The van der Waals surface area contributed by atoms with E-state index in [2.05, 4.69) is 10.2 Å². The Morgan fingerprint density at radius 1 is 1.37 bits per heavy atom. The number of aromatic nitrogens is 3. The van der Waals surface area contributed by atoms with Crippen molar-refractivity contribution in [3.05, 3.63) is 30.1 Å². The number of thioether (sulfide) groups is 1. The summed E-state index contributed by atoms with van der Waals surface area (Å²) in [5, 5.41) is 8.29. The molecule has 27 heavy (non-hydrogen) atoms. The minimum Gasteiger partial charge on any atom is -0.339 e. The summed E-state index contributed by atoms with van der Waals surface area (Å²) < 4.78 is 14.8. The average molecular weight is 392 g/mol. The van der Waals surface area contributed by atoms with Gasteiger partial charge in [0.05, 0.1) is 5.25 Å². The molecule has 1 aliphatic rings. The van der Waals surface area contributed by atoms with E-state index in [1.807, 2.05) is 18.7 Å². The number of halogens is 1. The topological polar surface area (TPSA) is 77.0 Å². The molecule has 3 rings (SSSR count). The third kappa shape index (κ3) is 4.43. The van der Waals surface area contributed by atoms with Crippen molar-refractivity contribution in [2.45, 2.75) is 62.4 Å². The maximum atomic E-state index is 13.5. The predicted molar refractivity (Wildman–Crippen MR) is 105 cm³/mol. The van der Waals surface area contributed by atoms with Crippen LogP contribution in [-0.4, -0.2) is 43.5 Å². The van der Waals surface area contributed by atoms with Gasteiger partial charge in [0.25, 0.3) is 0 Å². The molecule has 1 aromatic carbocycles. The van der Waals surface area contributed by atoms with Crippen LogP contribution >= 0.6 is 11.8 Å². The van der Waals surface area contributed by atoms with Crippen molar-refractivity contribution in [2.75, 3.05) is 12.4 Å². The summed E-state index contributed by atoms with van der Waals surface area (Å²) in [4.78, 5) is 15.0. The number of hydrogen-bond acceptors (Lipinski definition) is 5. The van der Waals surface area contributed by atoms with Gasteiger partial charge in [0, 0.05) is 18.2 Å². The van der Waals surface area contributed by atoms with E-state index in [0.717, 1.165) is 12.8 Å². The Morgan fingerprint density at radius 2 is 2.11 bits per heavy atom. The fourth-order valence-corrected chi connectivity index (χ4v) is 4.45. The first-order valence-electron chi connectivity index (χ1n) is 9.44. The van der Waals surface area contributed by atoms with Gasteiger partial charge in [0.2, 0.25) is 11.1 Å². The molecular weight excluding hydrogens is 365 g/mol. The van der Waals surface area contributed by atoms with E-state index in [1.54, 1.807) is 12.1 Å². The quantitative estimate of drug-likeness (QED) is 0.603. The van der Waals surface area contributed by atoms with Crippen LogP contribution in [0.1, 0.15) is 46.0 Å². The number of carbonyl (C=O) groups is 1. The minimum atomic E-state index is -0.362. The molecule has 1 saturated carbocycles. The number of amides is 1. The van der Waals surface area contributed by atoms with Crippen LogP contribution in [0.5, 0.6) is 0 Å². The number of nitrogens with two attached hydrogens (primary N) is 1. The standard InChI is InChI=1S/C19H26FN5OS/c1-3-24(16-10-5-4-6-11-16)18(26)13(2)27-19-23-22-17(25(19)21)14-8-7-9-15(20)12-14/h7-9,12-13,16H,3-6,10-11,21H2,1-2H3/t13-/m0/s1.